The Morgan fingerprint density at radius 1 is 1.50 bits per heavy atom. The van der Waals surface area contributed by atoms with Crippen molar-refractivity contribution >= 4 is 29.3 Å². The smallest absolute Gasteiger partial charge is 0.376 e. The van der Waals surface area contributed by atoms with E-state index in [4.69, 9.17) is 5.11 Å². The molecule has 1 unspecified atom stereocenters. The van der Waals surface area contributed by atoms with Crippen LogP contribution in [0.25, 0.3) is 5.76 Å². The van der Waals surface area contributed by atoms with Gasteiger partial charge in [-0.2, -0.15) is 5.10 Å². The van der Waals surface area contributed by atoms with Crippen LogP contribution in [-0.2, 0) is 9.59 Å². The second kappa shape index (κ2) is 5.09. The lowest BCUT2D eigenvalue weighted by Crippen LogP contribution is -2.12. The predicted molar refractivity (Wildman–Crippen MR) is 65.9 cm³/mol. The van der Waals surface area contributed by atoms with Crippen LogP contribution in [0, 0.1) is 0 Å². The van der Waals surface area contributed by atoms with Gasteiger partial charge in [0, 0.05) is 12.3 Å². The van der Waals surface area contributed by atoms with Gasteiger partial charge in [0.1, 0.15) is 16.8 Å². The molecule has 1 aliphatic rings. The van der Waals surface area contributed by atoms with Gasteiger partial charge >= 0.3 is 5.97 Å². The van der Waals surface area contributed by atoms with Crippen molar-refractivity contribution < 1.29 is 19.8 Å². The first-order valence-corrected chi connectivity index (χ1v) is 6.06. The van der Waals surface area contributed by atoms with E-state index in [-0.39, 0.29) is 5.37 Å². The van der Waals surface area contributed by atoms with E-state index in [1.807, 2.05) is 11.5 Å². The maximum atomic E-state index is 11.0. The van der Waals surface area contributed by atoms with Crippen molar-refractivity contribution in [1.29, 1.82) is 0 Å². The van der Waals surface area contributed by atoms with Gasteiger partial charge in [-0.25, -0.2) is 9.48 Å². The van der Waals surface area contributed by atoms with E-state index < -0.39 is 17.5 Å². The molecule has 2 rings (SSSR count). The molecule has 0 radical (unpaired) electrons. The number of hydrogen-bond donors (Lipinski definition) is 2. The summed E-state index contributed by atoms with van der Waals surface area (Å²) in [5.74, 6) is -3.17. The number of nitrogens with zero attached hydrogens (tertiary/aromatic N) is 2. The second-order valence-electron chi connectivity index (χ2n) is 3.56. The van der Waals surface area contributed by atoms with Gasteiger partial charge in [0.15, 0.2) is 0 Å². The number of aliphatic hydroxyl groups excluding tert-OH is 1. The third-order valence-electron chi connectivity index (χ3n) is 2.35. The lowest BCUT2D eigenvalue weighted by Gasteiger charge is -2.12. The number of aliphatic hydroxyl groups is 1. The highest BCUT2D eigenvalue weighted by molar-refractivity contribution is 8.02. The second-order valence-corrected chi connectivity index (χ2v) is 4.65. The molecule has 0 bridgehead atoms. The molecule has 0 fully saturated rings. The van der Waals surface area contributed by atoms with E-state index in [1.54, 1.807) is 4.68 Å². The van der Waals surface area contributed by atoms with Crippen LogP contribution in [0.1, 0.15) is 17.5 Å². The topological polar surface area (TPSA) is 92.4 Å². The molecule has 2 N–H and O–H groups in total. The molecule has 94 valence electrons. The fourth-order valence-electron chi connectivity index (χ4n) is 1.54. The summed E-state index contributed by atoms with van der Waals surface area (Å²) < 4.78 is 1.56. The van der Waals surface area contributed by atoms with Crippen LogP contribution >= 0.6 is 11.8 Å². The lowest BCUT2D eigenvalue weighted by atomic mass is 10.2. The average Bonchev–Trinajstić information content (AvgIpc) is 2.99. The van der Waals surface area contributed by atoms with Gasteiger partial charge in [-0.05, 0) is 17.9 Å². The normalized spacial score (nSPS) is 19.1. The molecule has 2 heterocycles. The zero-order valence-electron chi connectivity index (χ0n) is 9.18. The monoisotopic (exact) mass is 266 g/mol. The fourth-order valence-corrected chi connectivity index (χ4v) is 2.45. The van der Waals surface area contributed by atoms with Crippen molar-refractivity contribution in [3.05, 3.63) is 35.5 Å². The standard InChI is InChI=1S/C11H10N2O4S/c14-8(6-9(15)11(16)17)7-3-4-12-13(7)10-2-1-5-18-10/h1,3-6,10,14H,2H2,(H,16,17). The number of aromatic nitrogens is 2. The molecular weight excluding hydrogens is 256 g/mol. The molecule has 1 aromatic heterocycles. The Kier molecular flexibility index (Phi) is 3.52. The quantitative estimate of drug-likeness (QED) is 0.488. The average molecular weight is 266 g/mol. The molecule has 0 saturated heterocycles. The number of carbonyl (C=O) groups is 2. The number of rotatable bonds is 4. The number of carboxylic acids is 1. The van der Waals surface area contributed by atoms with Crippen molar-refractivity contribution in [2.45, 2.75) is 11.8 Å². The van der Waals surface area contributed by atoms with Crippen LogP contribution < -0.4 is 0 Å². The number of aliphatic carboxylic acids is 1. The Labute approximate surface area is 107 Å². The molecule has 18 heavy (non-hydrogen) atoms. The van der Waals surface area contributed by atoms with Gasteiger partial charge in [0.05, 0.1) is 0 Å². The Hall–Kier alpha value is -2.02. The van der Waals surface area contributed by atoms with E-state index in [1.165, 1.54) is 24.0 Å². The Morgan fingerprint density at radius 3 is 2.89 bits per heavy atom. The summed E-state index contributed by atoms with van der Waals surface area (Å²) in [6, 6.07) is 1.53. The third kappa shape index (κ3) is 2.45. The maximum Gasteiger partial charge on any atom is 0.376 e. The molecule has 7 heteroatoms. The Morgan fingerprint density at radius 2 is 2.28 bits per heavy atom. The van der Waals surface area contributed by atoms with Crippen LogP contribution in [0.4, 0.5) is 0 Å². The lowest BCUT2D eigenvalue weighted by molar-refractivity contribution is -0.146. The van der Waals surface area contributed by atoms with Gasteiger partial charge < -0.3 is 10.2 Å². The number of thioether (sulfide) groups is 1. The molecule has 6 nitrogen and oxygen atoms in total. The number of carbonyl (C=O) groups excluding carboxylic acids is 1. The Balaban J connectivity index is 2.26. The number of allylic oxidation sites excluding steroid dienone is 1. The summed E-state index contributed by atoms with van der Waals surface area (Å²) in [5, 5.41) is 24.2. The van der Waals surface area contributed by atoms with Crippen LogP contribution in [0.3, 0.4) is 0 Å². The van der Waals surface area contributed by atoms with Crippen molar-refractivity contribution in [3.8, 4) is 0 Å². The highest BCUT2D eigenvalue weighted by Gasteiger charge is 2.19. The first-order valence-electron chi connectivity index (χ1n) is 5.12. The van der Waals surface area contributed by atoms with Crippen LogP contribution in [0.15, 0.2) is 29.8 Å². The van der Waals surface area contributed by atoms with E-state index in [2.05, 4.69) is 5.10 Å². The molecule has 0 aromatic carbocycles. The van der Waals surface area contributed by atoms with Gasteiger partial charge in [0.25, 0.3) is 5.78 Å². The van der Waals surface area contributed by atoms with Gasteiger partial charge in [-0.15, -0.1) is 11.8 Å². The minimum Gasteiger partial charge on any atom is -0.506 e. The summed E-state index contributed by atoms with van der Waals surface area (Å²) in [6.45, 7) is 0. The third-order valence-corrected chi connectivity index (χ3v) is 3.41. The summed E-state index contributed by atoms with van der Waals surface area (Å²) in [6.07, 6.45) is 4.91. The predicted octanol–water partition coefficient (Wildman–Crippen LogP) is 1.58. The van der Waals surface area contributed by atoms with Crippen molar-refractivity contribution in [2.24, 2.45) is 0 Å². The number of hydrogen-bond acceptors (Lipinski definition) is 5. The molecule has 1 atom stereocenters. The van der Waals surface area contributed by atoms with Gasteiger partial charge in [0.2, 0.25) is 0 Å². The minimum atomic E-state index is -1.61. The molecule has 0 aliphatic carbocycles. The summed E-state index contributed by atoms with van der Waals surface area (Å²) in [7, 11) is 0. The Bertz CT molecular complexity index is 539. The first-order chi connectivity index (χ1) is 8.59. The van der Waals surface area contributed by atoms with Crippen LogP contribution in [0.2, 0.25) is 0 Å². The van der Waals surface area contributed by atoms with Crippen molar-refractivity contribution in [2.75, 3.05) is 0 Å². The SMILES string of the molecule is O=C(O)C(=O)C=C(O)c1ccnn1C1CC=CS1. The first kappa shape index (κ1) is 12.4. The number of ketones is 1. The van der Waals surface area contributed by atoms with E-state index in [0.29, 0.717) is 11.8 Å². The molecular formula is C11H10N2O4S. The van der Waals surface area contributed by atoms with Crippen molar-refractivity contribution in [3.63, 3.8) is 0 Å². The van der Waals surface area contributed by atoms with Crippen LogP contribution in [0.5, 0.6) is 0 Å². The summed E-state index contributed by atoms with van der Waals surface area (Å²) in [4.78, 5) is 21.4. The molecule has 1 aliphatic heterocycles. The summed E-state index contributed by atoms with van der Waals surface area (Å²) in [5.41, 5.74) is 0.325. The zero-order valence-corrected chi connectivity index (χ0v) is 10.0. The minimum absolute atomic E-state index is 0.0190. The van der Waals surface area contributed by atoms with E-state index in [0.717, 1.165) is 6.42 Å². The molecule has 0 spiro atoms. The van der Waals surface area contributed by atoms with E-state index in [9.17, 15) is 14.7 Å². The maximum absolute atomic E-state index is 11.0. The largest absolute Gasteiger partial charge is 0.506 e. The fraction of sp³-hybridized carbons (Fsp3) is 0.182. The highest BCUT2D eigenvalue weighted by Crippen LogP contribution is 2.34. The molecule has 0 amide bonds. The summed E-state index contributed by atoms with van der Waals surface area (Å²) >= 11 is 1.54. The highest BCUT2D eigenvalue weighted by atomic mass is 32.2. The molecule has 1 aromatic rings. The number of carboxylic acid groups (broad SMARTS) is 1. The van der Waals surface area contributed by atoms with Gasteiger partial charge in [-0.3, -0.25) is 4.79 Å². The van der Waals surface area contributed by atoms with Crippen molar-refractivity contribution in [1.82, 2.24) is 9.78 Å². The molecule has 0 saturated carbocycles. The van der Waals surface area contributed by atoms with Crippen LogP contribution in [-0.4, -0.2) is 31.7 Å². The van der Waals surface area contributed by atoms with Gasteiger partial charge in [-0.1, -0.05) is 6.08 Å². The zero-order chi connectivity index (χ0) is 13.1. The van der Waals surface area contributed by atoms with E-state index >= 15 is 0 Å².